The number of amides is 1. The molecule has 0 saturated heterocycles. The summed E-state index contributed by atoms with van der Waals surface area (Å²) in [4.78, 5) is 22.8. The van der Waals surface area contributed by atoms with Gasteiger partial charge in [0.2, 0.25) is 0 Å². The number of aromatic nitrogens is 2. The summed E-state index contributed by atoms with van der Waals surface area (Å²) < 4.78 is 0. The molecule has 0 radical (unpaired) electrons. The first-order chi connectivity index (χ1) is 8.83. The van der Waals surface area contributed by atoms with Gasteiger partial charge in [-0.15, -0.1) is 0 Å². The van der Waals surface area contributed by atoms with Crippen molar-refractivity contribution in [3.05, 3.63) is 46.6 Å². The van der Waals surface area contributed by atoms with Gasteiger partial charge in [0.05, 0.1) is 11.1 Å². The molecule has 2 aromatic rings. The van der Waals surface area contributed by atoms with E-state index in [1.165, 1.54) is 0 Å². The van der Waals surface area contributed by atoms with Crippen molar-refractivity contribution >= 4 is 16.9 Å². The quantitative estimate of drug-likeness (QED) is 0.381. The maximum absolute atomic E-state index is 11.9. The van der Waals surface area contributed by atoms with Crippen LogP contribution in [0.5, 0.6) is 0 Å². The number of nitrogens with one attached hydrogen (secondary N) is 1. The van der Waals surface area contributed by atoms with Crippen LogP contribution in [0.2, 0.25) is 0 Å². The van der Waals surface area contributed by atoms with Crippen molar-refractivity contribution in [3.63, 3.8) is 0 Å². The van der Waals surface area contributed by atoms with E-state index in [1.807, 2.05) is 0 Å². The van der Waals surface area contributed by atoms with Gasteiger partial charge in [0.25, 0.3) is 5.91 Å². The Bertz CT molecular complexity index is 614. The zero-order valence-corrected chi connectivity index (χ0v) is 9.45. The Kier molecular flexibility index (Phi) is 3.68. The summed E-state index contributed by atoms with van der Waals surface area (Å²) in [6.07, 6.45) is 3.12. The average Bonchev–Trinajstić information content (AvgIpc) is 2.43. The second-order valence-corrected chi connectivity index (χ2v) is 3.44. The van der Waals surface area contributed by atoms with Gasteiger partial charge in [-0.2, -0.15) is 0 Å². The highest BCUT2D eigenvalue weighted by atomic mass is 16.1. The molecule has 1 heterocycles. The van der Waals surface area contributed by atoms with E-state index in [-0.39, 0.29) is 12.5 Å². The van der Waals surface area contributed by atoms with Gasteiger partial charge >= 0.3 is 0 Å². The fraction of sp³-hybridized carbons (Fsp3) is 0.182. The molecular weight excluding hydrogens is 232 g/mol. The lowest BCUT2D eigenvalue weighted by Crippen LogP contribution is -2.26. The Morgan fingerprint density at radius 2 is 2.22 bits per heavy atom. The number of hydrogen-bond acceptors (Lipinski definition) is 4. The van der Waals surface area contributed by atoms with E-state index in [4.69, 9.17) is 5.53 Å². The molecule has 0 bridgehead atoms. The molecule has 7 heteroatoms. The Hall–Kier alpha value is -2.66. The molecule has 0 saturated carbocycles. The van der Waals surface area contributed by atoms with Crippen LogP contribution in [-0.2, 0) is 0 Å². The van der Waals surface area contributed by atoms with Crippen LogP contribution in [0, 0.1) is 0 Å². The first kappa shape index (κ1) is 11.8. The van der Waals surface area contributed by atoms with E-state index in [1.54, 1.807) is 30.6 Å². The van der Waals surface area contributed by atoms with Crippen molar-refractivity contribution in [2.75, 3.05) is 13.1 Å². The molecule has 0 aliphatic carbocycles. The van der Waals surface area contributed by atoms with E-state index < -0.39 is 0 Å². The van der Waals surface area contributed by atoms with Crippen molar-refractivity contribution in [1.82, 2.24) is 15.3 Å². The highest BCUT2D eigenvalue weighted by Gasteiger charge is 2.10. The molecule has 0 fully saturated rings. The second-order valence-electron chi connectivity index (χ2n) is 3.44. The number of benzene rings is 1. The van der Waals surface area contributed by atoms with Gasteiger partial charge in [0.15, 0.2) is 0 Å². The zero-order chi connectivity index (χ0) is 12.8. The third kappa shape index (κ3) is 2.53. The zero-order valence-electron chi connectivity index (χ0n) is 9.45. The summed E-state index contributed by atoms with van der Waals surface area (Å²) in [6, 6.07) is 5.22. The van der Waals surface area contributed by atoms with E-state index >= 15 is 0 Å². The van der Waals surface area contributed by atoms with Crippen LogP contribution >= 0.6 is 0 Å². The number of azide groups is 1. The predicted octanol–water partition coefficient (Wildman–Crippen LogP) is 1.67. The van der Waals surface area contributed by atoms with Gasteiger partial charge in [0, 0.05) is 30.4 Å². The van der Waals surface area contributed by atoms with Crippen molar-refractivity contribution in [3.8, 4) is 0 Å². The molecule has 7 nitrogen and oxygen atoms in total. The Morgan fingerprint density at radius 3 is 3.06 bits per heavy atom. The molecule has 0 spiro atoms. The summed E-state index contributed by atoms with van der Waals surface area (Å²) in [7, 11) is 0. The number of carbonyl (C=O) groups is 1. The molecule has 0 aliphatic heterocycles. The van der Waals surface area contributed by atoms with Crippen molar-refractivity contribution in [2.24, 2.45) is 5.11 Å². The van der Waals surface area contributed by atoms with Crippen molar-refractivity contribution < 1.29 is 4.79 Å². The van der Waals surface area contributed by atoms with Gasteiger partial charge < -0.3 is 5.32 Å². The fourth-order valence-electron chi connectivity index (χ4n) is 1.54. The van der Waals surface area contributed by atoms with Crippen LogP contribution in [-0.4, -0.2) is 29.0 Å². The predicted molar refractivity (Wildman–Crippen MR) is 65.9 cm³/mol. The summed E-state index contributed by atoms with van der Waals surface area (Å²) in [5.41, 5.74) is 9.80. The second kappa shape index (κ2) is 5.60. The van der Waals surface area contributed by atoms with E-state index in [9.17, 15) is 4.79 Å². The molecule has 1 N–H and O–H groups in total. The first-order valence-electron chi connectivity index (χ1n) is 5.31. The number of para-hydroxylation sites is 1. The van der Waals surface area contributed by atoms with E-state index in [2.05, 4.69) is 25.3 Å². The first-order valence-corrected chi connectivity index (χ1v) is 5.31. The van der Waals surface area contributed by atoms with Crippen LogP contribution < -0.4 is 5.32 Å². The fourth-order valence-corrected chi connectivity index (χ4v) is 1.54. The standard InChI is InChI=1S/C11H10N6O/c12-17-16-7-6-15-11(18)8-2-1-3-9-10(8)14-5-4-13-9/h1-5H,6-7H2,(H,15,18). The Labute approximate surface area is 102 Å². The van der Waals surface area contributed by atoms with Gasteiger partial charge in [-0.05, 0) is 17.7 Å². The maximum atomic E-state index is 11.9. The van der Waals surface area contributed by atoms with Crippen LogP contribution in [0.4, 0.5) is 0 Å². The minimum absolute atomic E-state index is 0.221. The van der Waals surface area contributed by atoms with Crippen molar-refractivity contribution in [2.45, 2.75) is 0 Å². The minimum Gasteiger partial charge on any atom is -0.352 e. The number of nitrogens with zero attached hydrogens (tertiary/aromatic N) is 5. The highest BCUT2D eigenvalue weighted by Crippen LogP contribution is 2.13. The molecule has 90 valence electrons. The molecule has 1 amide bonds. The highest BCUT2D eigenvalue weighted by molar-refractivity contribution is 6.04. The third-order valence-electron chi connectivity index (χ3n) is 2.30. The Balaban J connectivity index is 2.20. The lowest BCUT2D eigenvalue weighted by atomic mass is 10.1. The van der Waals surface area contributed by atoms with Crippen LogP contribution in [0.1, 0.15) is 10.4 Å². The number of fused-ring (bicyclic) bond motifs is 1. The molecule has 18 heavy (non-hydrogen) atoms. The molecular formula is C11H10N6O. The molecule has 1 aromatic carbocycles. The summed E-state index contributed by atoms with van der Waals surface area (Å²) in [6.45, 7) is 0.512. The van der Waals surface area contributed by atoms with Crippen LogP contribution in [0.3, 0.4) is 0 Å². The lowest BCUT2D eigenvalue weighted by molar-refractivity contribution is 0.0956. The Morgan fingerprint density at radius 1 is 1.39 bits per heavy atom. The molecule has 0 unspecified atom stereocenters. The number of rotatable bonds is 4. The maximum Gasteiger partial charge on any atom is 0.253 e. The van der Waals surface area contributed by atoms with Gasteiger partial charge in [-0.25, -0.2) is 0 Å². The average molecular weight is 242 g/mol. The molecule has 0 atom stereocenters. The normalized spacial score (nSPS) is 9.78. The summed E-state index contributed by atoms with van der Waals surface area (Å²) >= 11 is 0. The lowest BCUT2D eigenvalue weighted by Gasteiger charge is -2.05. The van der Waals surface area contributed by atoms with Crippen LogP contribution in [0.25, 0.3) is 21.5 Å². The van der Waals surface area contributed by atoms with Gasteiger partial charge in [-0.1, -0.05) is 11.2 Å². The number of hydrogen-bond donors (Lipinski definition) is 1. The van der Waals surface area contributed by atoms with Gasteiger partial charge in [0.1, 0.15) is 5.52 Å². The monoisotopic (exact) mass is 242 g/mol. The topological polar surface area (TPSA) is 104 Å². The largest absolute Gasteiger partial charge is 0.352 e. The minimum atomic E-state index is -0.255. The SMILES string of the molecule is [N-]=[N+]=NCCNC(=O)c1cccc2nccnc12. The van der Waals surface area contributed by atoms with E-state index in [0.29, 0.717) is 23.1 Å². The smallest absolute Gasteiger partial charge is 0.253 e. The summed E-state index contributed by atoms with van der Waals surface area (Å²) in [5, 5.41) is 5.99. The molecule has 1 aromatic heterocycles. The van der Waals surface area contributed by atoms with Crippen molar-refractivity contribution in [1.29, 1.82) is 0 Å². The van der Waals surface area contributed by atoms with Gasteiger partial charge in [-0.3, -0.25) is 14.8 Å². The van der Waals surface area contributed by atoms with Crippen LogP contribution in [0.15, 0.2) is 35.7 Å². The number of carbonyl (C=O) groups excluding carboxylic acids is 1. The summed E-state index contributed by atoms with van der Waals surface area (Å²) in [5.74, 6) is -0.255. The van der Waals surface area contributed by atoms with E-state index in [0.717, 1.165) is 0 Å². The molecule has 0 aliphatic rings. The third-order valence-corrected chi connectivity index (χ3v) is 2.30. The molecule has 2 rings (SSSR count).